The van der Waals surface area contributed by atoms with Gasteiger partial charge in [-0.15, -0.1) is 0 Å². The maximum atomic E-state index is 12.1. The van der Waals surface area contributed by atoms with E-state index in [0.29, 0.717) is 26.2 Å². The predicted octanol–water partition coefficient (Wildman–Crippen LogP) is 2.31. The maximum absolute atomic E-state index is 12.1. The third kappa shape index (κ3) is 6.89. The fourth-order valence-corrected chi connectivity index (χ4v) is 4.33. The minimum atomic E-state index is -3.27. The maximum Gasteiger partial charge on any atom is 0.211 e. The van der Waals surface area contributed by atoms with Crippen LogP contribution < -0.4 is 4.72 Å². The van der Waals surface area contributed by atoms with Crippen LogP contribution in [0.5, 0.6) is 0 Å². The van der Waals surface area contributed by atoms with E-state index in [0.717, 1.165) is 31.2 Å². The van der Waals surface area contributed by atoms with E-state index in [2.05, 4.69) is 4.72 Å². The Morgan fingerprint density at radius 1 is 1.12 bits per heavy atom. The molecule has 0 aliphatic heterocycles. The Morgan fingerprint density at radius 2 is 1.83 bits per heavy atom. The summed E-state index contributed by atoms with van der Waals surface area (Å²) in [5.41, 5.74) is 1.09. The van der Waals surface area contributed by atoms with E-state index in [1.165, 1.54) is 0 Å². The minimum Gasteiger partial charge on any atom is -0.396 e. The molecular weight excluding hydrogens is 326 g/mol. The molecule has 1 aromatic carbocycles. The summed E-state index contributed by atoms with van der Waals surface area (Å²) in [5.74, 6) is 0.571. The second-order valence-corrected chi connectivity index (χ2v) is 8.47. The van der Waals surface area contributed by atoms with Crippen molar-refractivity contribution >= 4 is 10.0 Å². The quantitative estimate of drug-likeness (QED) is 0.632. The summed E-state index contributed by atoms with van der Waals surface area (Å²) in [6.45, 7) is 1.53. The van der Waals surface area contributed by atoms with Gasteiger partial charge in [0.2, 0.25) is 10.0 Å². The van der Waals surface area contributed by atoms with E-state index in [-0.39, 0.29) is 24.2 Å². The molecule has 2 rings (SSSR count). The SMILES string of the molecule is O=S(=O)(CCCOCc1ccccc1)NCC1CCCCC1CO. The number of hydrogen-bond acceptors (Lipinski definition) is 4. The van der Waals surface area contributed by atoms with Crippen molar-refractivity contribution in [2.45, 2.75) is 38.7 Å². The smallest absolute Gasteiger partial charge is 0.211 e. The van der Waals surface area contributed by atoms with Gasteiger partial charge in [0.15, 0.2) is 0 Å². The molecule has 2 unspecified atom stereocenters. The van der Waals surface area contributed by atoms with Crippen LogP contribution in [0.15, 0.2) is 30.3 Å². The van der Waals surface area contributed by atoms with Gasteiger partial charge >= 0.3 is 0 Å². The van der Waals surface area contributed by atoms with Crippen molar-refractivity contribution in [3.05, 3.63) is 35.9 Å². The van der Waals surface area contributed by atoms with Crippen LogP contribution in [0.4, 0.5) is 0 Å². The van der Waals surface area contributed by atoms with Crippen LogP contribution >= 0.6 is 0 Å². The second-order valence-electron chi connectivity index (χ2n) is 6.55. The Kier molecular flexibility index (Phi) is 8.18. The van der Waals surface area contributed by atoms with Crippen molar-refractivity contribution in [1.29, 1.82) is 0 Å². The highest BCUT2D eigenvalue weighted by Crippen LogP contribution is 2.29. The molecular formula is C18H29NO4S. The fourth-order valence-electron chi connectivity index (χ4n) is 3.21. The van der Waals surface area contributed by atoms with E-state index in [1.54, 1.807) is 0 Å². The molecule has 1 aliphatic carbocycles. The Labute approximate surface area is 145 Å². The van der Waals surface area contributed by atoms with Crippen molar-refractivity contribution in [2.75, 3.05) is 25.5 Å². The molecule has 0 heterocycles. The second kappa shape index (κ2) is 10.1. The van der Waals surface area contributed by atoms with Gasteiger partial charge in [-0.2, -0.15) is 0 Å². The van der Waals surface area contributed by atoms with Crippen molar-refractivity contribution in [3.63, 3.8) is 0 Å². The van der Waals surface area contributed by atoms with E-state index in [1.807, 2.05) is 30.3 Å². The van der Waals surface area contributed by atoms with Gasteiger partial charge in [0, 0.05) is 19.8 Å². The molecule has 5 nitrogen and oxygen atoms in total. The highest BCUT2D eigenvalue weighted by Gasteiger charge is 2.25. The first-order chi connectivity index (χ1) is 11.6. The monoisotopic (exact) mass is 355 g/mol. The van der Waals surface area contributed by atoms with Crippen LogP contribution in [-0.2, 0) is 21.4 Å². The molecule has 24 heavy (non-hydrogen) atoms. The van der Waals surface area contributed by atoms with Crippen LogP contribution in [0.1, 0.15) is 37.7 Å². The van der Waals surface area contributed by atoms with Crippen LogP contribution in [0.3, 0.4) is 0 Å². The number of sulfonamides is 1. The lowest BCUT2D eigenvalue weighted by Crippen LogP contribution is -2.36. The number of aliphatic hydroxyl groups is 1. The number of hydrogen-bond donors (Lipinski definition) is 2. The van der Waals surface area contributed by atoms with E-state index in [4.69, 9.17) is 4.74 Å². The molecule has 0 radical (unpaired) electrons. The summed E-state index contributed by atoms with van der Waals surface area (Å²) in [4.78, 5) is 0. The standard InChI is InChI=1S/C18H29NO4S/c20-14-18-10-5-4-9-17(18)13-19-24(21,22)12-6-11-23-15-16-7-2-1-3-8-16/h1-3,7-8,17-20H,4-6,9-15H2. The molecule has 1 fully saturated rings. The Morgan fingerprint density at radius 3 is 2.54 bits per heavy atom. The van der Waals surface area contributed by atoms with Crippen molar-refractivity contribution < 1.29 is 18.3 Å². The van der Waals surface area contributed by atoms with E-state index in [9.17, 15) is 13.5 Å². The van der Waals surface area contributed by atoms with Gasteiger partial charge in [-0.1, -0.05) is 43.2 Å². The first-order valence-corrected chi connectivity index (χ1v) is 10.5. The largest absolute Gasteiger partial charge is 0.396 e. The number of ether oxygens (including phenoxy) is 1. The summed E-state index contributed by atoms with van der Waals surface area (Å²) >= 11 is 0. The third-order valence-corrected chi connectivity index (χ3v) is 6.11. The van der Waals surface area contributed by atoms with Gasteiger partial charge in [-0.05, 0) is 36.7 Å². The average molecular weight is 356 g/mol. The lowest BCUT2D eigenvalue weighted by Gasteiger charge is -2.30. The summed E-state index contributed by atoms with van der Waals surface area (Å²) in [5, 5.41) is 9.39. The summed E-state index contributed by atoms with van der Waals surface area (Å²) in [6.07, 6.45) is 4.73. The molecule has 1 aromatic rings. The molecule has 1 aliphatic rings. The topological polar surface area (TPSA) is 75.6 Å². The van der Waals surface area contributed by atoms with Gasteiger partial charge in [0.05, 0.1) is 12.4 Å². The summed E-state index contributed by atoms with van der Waals surface area (Å²) in [6, 6.07) is 9.84. The molecule has 6 heteroatoms. The Bertz CT molecular complexity index is 562. The minimum absolute atomic E-state index is 0.0816. The molecule has 136 valence electrons. The third-order valence-electron chi connectivity index (χ3n) is 4.68. The van der Waals surface area contributed by atoms with E-state index >= 15 is 0 Å². The van der Waals surface area contributed by atoms with Gasteiger partial charge < -0.3 is 9.84 Å². The molecule has 1 saturated carbocycles. The van der Waals surface area contributed by atoms with Crippen LogP contribution in [0, 0.1) is 11.8 Å². The normalized spacial score (nSPS) is 21.7. The number of rotatable bonds is 10. The molecule has 0 bridgehead atoms. The highest BCUT2D eigenvalue weighted by molar-refractivity contribution is 7.89. The van der Waals surface area contributed by atoms with Gasteiger partial charge in [0.1, 0.15) is 0 Å². The van der Waals surface area contributed by atoms with Crippen molar-refractivity contribution in [1.82, 2.24) is 4.72 Å². The van der Waals surface area contributed by atoms with Gasteiger partial charge in [-0.3, -0.25) is 0 Å². The van der Waals surface area contributed by atoms with Crippen LogP contribution in [-0.4, -0.2) is 39.0 Å². The van der Waals surface area contributed by atoms with Crippen molar-refractivity contribution in [3.8, 4) is 0 Å². The molecule has 0 aromatic heterocycles. The highest BCUT2D eigenvalue weighted by atomic mass is 32.2. The molecule has 0 saturated heterocycles. The predicted molar refractivity (Wildman–Crippen MR) is 95.0 cm³/mol. The fraction of sp³-hybridized carbons (Fsp3) is 0.667. The average Bonchev–Trinajstić information content (AvgIpc) is 2.61. The van der Waals surface area contributed by atoms with Crippen molar-refractivity contribution in [2.24, 2.45) is 11.8 Å². The lowest BCUT2D eigenvalue weighted by atomic mass is 9.80. The number of benzene rings is 1. The van der Waals surface area contributed by atoms with E-state index < -0.39 is 10.0 Å². The Hall–Kier alpha value is -0.950. The number of nitrogens with one attached hydrogen (secondary N) is 1. The lowest BCUT2D eigenvalue weighted by molar-refractivity contribution is 0.122. The molecule has 0 spiro atoms. The zero-order valence-corrected chi connectivity index (χ0v) is 15.0. The molecule has 2 atom stereocenters. The first kappa shape index (κ1) is 19.4. The zero-order chi connectivity index (χ0) is 17.3. The van der Waals surface area contributed by atoms with Crippen LogP contribution in [0.2, 0.25) is 0 Å². The zero-order valence-electron chi connectivity index (χ0n) is 14.2. The Balaban J connectivity index is 1.62. The summed E-state index contributed by atoms with van der Waals surface area (Å²) in [7, 11) is -3.27. The number of aliphatic hydroxyl groups excluding tert-OH is 1. The van der Waals surface area contributed by atoms with Gasteiger partial charge in [0.25, 0.3) is 0 Å². The van der Waals surface area contributed by atoms with Gasteiger partial charge in [-0.25, -0.2) is 13.1 Å². The van der Waals surface area contributed by atoms with Crippen LogP contribution in [0.25, 0.3) is 0 Å². The molecule has 0 amide bonds. The summed E-state index contributed by atoms with van der Waals surface area (Å²) < 4.78 is 32.4. The first-order valence-electron chi connectivity index (χ1n) is 8.80. The molecule has 2 N–H and O–H groups in total.